The molecule has 2 bridgehead atoms. The summed E-state index contributed by atoms with van der Waals surface area (Å²) in [6.45, 7) is -0.0604. The summed E-state index contributed by atoms with van der Waals surface area (Å²) in [6, 6.07) is 15.5. The molecular formula is C19H17NO6. The Hall–Kier alpha value is -2.90. The van der Waals surface area contributed by atoms with Crippen LogP contribution in [0.5, 0.6) is 5.75 Å². The third-order valence-electron chi connectivity index (χ3n) is 4.75. The second-order valence-corrected chi connectivity index (χ2v) is 6.47. The van der Waals surface area contributed by atoms with E-state index < -0.39 is 23.3 Å². The van der Waals surface area contributed by atoms with Gasteiger partial charge in [0.2, 0.25) is 5.79 Å². The summed E-state index contributed by atoms with van der Waals surface area (Å²) < 4.78 is 11.5. The van der Waals surface area contributed by atoms with Crippen molar-refractivity contribution in [2.75, 3.05) is 13.2 Å². The number of amides is 1. The Morgan fingerprint density at radius 3 is 2.46 bits per heavy atom. The fraction of sp³-hybridized carbons (Fsp3) is 0.263. The molecule has 0 saturated carbocycles. The third kappa shape index (κ3) is 2.44. The number of carboxylic acid groups (broad SMARTS) is 1. The van der Waals surface area contributed by atoms with Gasteiger partial charge < -0.3 is 24.6 Å². The van der Waals surface area contributed by atoms with Crippen LogP contribution in [-0.4, -0.2) is 45.7 Å². The summed E-state index contributed by atoms with van der Waals surface area (Å²) in [7, 11) is 0. The Morgan fingerprint density at radius 2 is 1.81 bits per heavy atom. The summed E-state index contributed by atoms with van der Waals surface area (Å²) in [5.41, 5.74) is -0.641. The van der Waals surface area contributed by atoms with E-state index in [1.807, 2.05) is 30.3 Å². The fourth-order valence-electron chi connectivity index (χ4n) is 3.40. The normalized spacial score (nSPS) is 27.5. The van der Waals surface area contributed by atoms with Crippen LogP contribution in [0.3, 0.4) is 0 Å². The minimum atomic E-state index is -2.06. The van der Waals surface area contributed by atoms with Gasteiger partial charge in [-0.3, -0.25) is 4.79 Å². The van der Waals surface area contributed by atoms with Crippen LogP contribution in [0.2, 0.25) is 0 Å². The van der Waals surface area contributed by atoms with E-state index in [1.165, 1.54) is 17.0 Å². The van der Waals surface area contributed by atoms with Crippen LogP contribution >= 0.6 is 0 Å². The lowest BCUT2D eigenvalue weighted by Gasteiger charge is -2.41. The lowest BCUT2D eigenvalue weighted by atomic mass is 9.97. The number of aliphatic carboxylic acids is 1. The Kier molecular flexibility index (Phi) is 3.71. The van der Waals surface area contributed by atoms with Crippen LogP contribution in [0, 0.1) is 0 Å². The number of aromatic hydroxyl groups is 1. The first-order chi connectivity index (χ1) is 12.5. The number of ether oxygens (including phenoxy) is 2. The molecule has 0 spiro atoms. The molecule has 134 valence electrons. The highest BCUT2D eigenvalue weighted by atomic mass is 16.8. The molecule has 4 rings (SSSR count). The van der Waals surface area contributed by atoms with Gasteiger partial charge in [0.15, 0.2) is 0 Å². The van der Waals surface area contributed by atoms with E-state index in [0.29, 0.717) is 5.56 Å². The number of rotatable bonds is 4. The summed E-state index contributed by atoms with van der Waals surface area (Å²) in [5, 5.41) is 19.2. The Bertz CT molecular complexity index is 852. The zero-order valence-corrected chi connectivity index (χ0v) is 13.8. The monoisotopic (exact) mass is 355 g/mol. The van der Waals surface area contributed by atoms with Gasteiger partial charge in [-0.05, 0) is 29.8 Å². The zero-order chi connectivity index (χ0) is 18.4. The van der Waals surface area contributed by atoms with E-state index in [1.54, 1.807) is 12.1 Å². The molecule has 2 aliphatic heterocycles. The SMILES string of the molecule is O=C(O)[C@]12CO[C@](c3ccc(O)cc3)(CN(Cc3ccccc3)C1=O)O2. The molecule has 2 aromatic carbocycles. The van der Waals surface area contributed by atoms with E-state index in [9.17, 15) is 19.8 Å². The first-order valence-electron chi connectivity index (χ1n) is 8.16. The average Bonchev–Trinajstić information content (AvgIpc) is 2.99. The van der Waals surface area contributed by atoms with Crippen molar-refractivity contribution < 1.29 is 29.3 Å². The van der Waals surface area contributed by atoms with E-state index in [0.717, 1.165) is 5.56 Å². The smallest absolute Gasteiger partial charge is 0.348 e. The van der Waals surface area contributed by atoms with Crippen LogP contribution in [0.25, 0.3) is 0 Å². The molecule has 0 aliphatic carbocycles. The molecule has 2 saturated heterocycles. The molecule has 26 heavy (non-hydrogen) atoms. The Morgan fingerprint density at radius 1 is 1.12 bits per heavy atom. The number of phenolic OH excluding ortho intramolecular Hbond substituents is 1. The fourth-order valence-corrected chi connectivity index (χ4v) is 3.40. The van der Waals surface area contributed by atoms with Crippen molar-refractivity contribution in [3.05, 3.63) is 65.7 Å². The number of carboxylic acids is 1. The molecule has 2 atom stereocenters. The van der Waals surface area contributed by atoms with Gasteiger partial charge in [0.05, 0.1) is 13.2 Å². The number of nitrogens with zero attached hydrogens (tertiary/aromatic N) is 1. The molecule has 2 aromatic rings. The number of carbonyl (C=O) groups excluding carboxylic acids is 1. The largest absolute Gasteiger partial charge is 0.508 e. The molecule has 7 nitrogen and oxygen atoms in total. The number of hydrogen-bond acceptors (Lipinski definition) is 5. The summed E-state index contributed by atoms with van der Waals surface area (Å²) in [4.78, 5) is 26.2. The van der Waals surface area contributed by atoms with Crippen LogP contribution in [0.15, 0.2) is 54.6 Å². The highest BCUT2D eigenvalue weighted by molar-refractivity contribution is 6.06. The number of benzene rings is 2. The third-order valence-corrected chi connectivity index (χ3v) is 4.75. The standard InChI is InChI=1S/C19H17NO6/c21-15-8-6-14(7-9-15)19-11-20(10-13-4-2-1-3-5-13)16(22)18(26-19,12-25-19)17(23)24/h1-9,21H,10-12H2,(H,23,24)/t18-,19+/m0/s1. The molecule has 2 heterocycles. The predicted octanol–water partition coefficient (Wildman–Crippen LogP) is 1.46. The molecule has 7 heteroatoms. The number of fused-ring (bicyclic) bond motifs is 2. The van der Waals surface area contributed by atoms with Crippen molar-refractivity contribution >= 4 is 11.9 Å². The van der Waals surface area contributed by atoms with Gasteiger partial charge in [-0.25, -0.2) is 4.79 Å². The highest BCUT2D eigenvalue weighted by Crippen LogP contribution is 2.45. The van der Waals surface area contributed by atoms with Crippen molar-refractivity contribution in [3.8, 4) is 5.75 Å². The number of hydrogen-bond donors (Lipinski definition) is 2. The molecule has 0 radical (unpaired) electrons. The summed E-state index contributed by atoms with van der Waals surface area (Å²) in [6.07, 6.45) is 0. The average molecular weight is 355 g/mol. The summed E-state index contributed by atoms with van der Waals surface area (Å²) >= 11 is 0. The zero-order valence-electron chi connectivity index (χ0n) is 13.8. The quantitative estimate of drug-likeness (QED) is 0.806. The van der Waals surface area contributed by atoms with E-state index in [-0.39, 0.29) is 25.4 Å². The van der Waals surface area contributed by atoms with Crippen LogP contribution < -0.4 is 0 Å². The van der Waals surface area contributed by atoms with E-state index in [2.05, 4.69) is 0 Å². The van der Waals surface area contributed by atoms with Crippen molar-refractivity contribution in [1.29, 1.82) is 0 Å². The maximum Gasteiger partial charge on any atom is 0.348 e. The second-order valence-electron chi connectivity index (χ2n) is 6.47. The molecule has 1 amide bonds. The lowest BCUT2D eigenvalue weighted by Crippen LogP contribution is -2.62. The lowest BCUT2D eigenvalue weighted by molar-refractivity contribution is -0.238. The van der Waals surface area contributed by atoms with Gasteiger partial charge in [0.1, 0.15) is 5.75 Å². The minimum Gasteiger partial charge on any atom is -0.508 e. The topological polar surface area (TPSA) is 96.3 Å². The maximum absolute atomic E-state index is 12.9. The van der Waals surface area contributed by atoms with Gasteiger partial charge in [0.25, 0.3) is 11.5 Å². The molecule has 0 unspecified atom stereocenters. The van der Waals surface area contributed by atoms with Crippen molar-refractivity contribution in [2.45, 2.75) is 17.9 Å². The summed E-state index contributed by atoms with van der Waals surface area (Å²) in [5.74, 6) is -3.31. The van der Waals surface area contributed by atoms with Crippen molar-refractivity contribution in [3.63, 3.8) is 0 Å². The molecule has 2 fully saturated rings. The number of phenols is 1. The Labute approximate surface area is 149 Å². The molecule has 2 N–H and O–H groups in total. The van der Waals surface area contributed by atoms with E-state index in [4.69, 9.17) is 9.47 Å². The predicted molar refractivity (Wildman–Crippen MR) is 89.0 cm³/mol. The van der Waals surface area contributed by atoms with Crippen LogP contribution in [0.4, 0.5) is 0 Å². The first kappa shape index (κ1) is 16.6. The van der Waals surface area contributed by atoms with Gasteiger partial charge in [-0.1, -0.05) is 30.3 Å². The van der Waals surface area contributed by atoms with E-state index >= 15 is 0 Å². The number of morpholine rings is 1. The number of carbonyl (C=O) groups is 2. The minimum absolute atomic E-state index is 0.0561. The maximum atomic E-state index is 12.9. The molecule has 0 aromatic heterocycles. The molecule has 2 aliphatic rings. The van der Waals surface area contributed by atoms with Gasteiger partial charge >= 0.3 is 5.97 Å². The van der Waals surface area contributed by atoms with Gasteiger partial charge in [0, 0.05) is 12.1 Å². The van der Waals surface area contributed by atoms with Crippen LogP contribution in [0.1, 0.15) is 11.1 Å². The Balaban J connectivity index is 1.74. The van der Waals surface area contributed by atoms with Crippen molar-refractivity contribution in [1.82, 2.24) is 4.90 Å². The van der Waals surface area contributed by atoms with Gasteiger partial charge in [-0.2, -0.15) is 0 Å². The molecular weight excluding hydrogens is 338 g/mol. The van der Waals surface area contributed by atoms with Crippen molar-refractivity contribution in [2.24, 2.45) is 0 Å². The van der Waals surface area contributed by atoms with Crippen LogP contribution in [-0.2, 0) is 31.4 Å². The highest BCUT2D eigenvalue weighted by Gasteiger charge is 2.66. The van der Waals surface area contributed by atoms with Gasteiger partial charge in [-0.15, -0.1) is 0 Å². The second kappa shape index (κ2) is 5.82. The first-order valence-corrected chi connectivity index (χ1v) is 8.16.